The zero-order chi connectivity index (χ0) is 15.8. The van der Waals surface area contributed by atoms with Gasteiger partial charge in [0, 0.05) is 17.6 Å². The van der Waals surface area contributed by atoms with E-state index in [4.69, 9.17) is 23.2 Å². The smallest absolute Gasteiger partial charge is 0.147 e. The van der Waals surface area contributed by atoms with E-state index >= 15 is 0 Å². The Labute approximate surface area is 149 Å². The number of para-hydroxylation sites is 1. The van der Waals surface area contributed by atoms with E-state index < -0.39 is 0 Å². The Morgan fingerprint density at radius 2 is 1.74 bits per heavy atom. The zero-order valence-corrected chi connectivity index (χ0v) is 14.4. The van der Waals surface area contributed by atoms with Crippen LogP contribution in [0.2, 0.25) is 10.0 Å². The van der Waals surface area contributed by atoms with E-state index in [1.807, 2.05) is 30.5 Å². The molecule has 0 spiro atoms. The van der Waals surface area contributed by atoms with Gasteiger partial charge in [-0.2, -0.15) is 0 Å². The molecule has 23 heavy (non-hydrogen) atoms. The van der Waals surface area contributed by atoms with Gasteiger partial charge in [-0.05, 0) is 42.0 Å². The molecule has 3 aromatic rings. The van der Waals surface area contributed by atoms with Gasteiger partial charge in [-0.25, -0.2) is 4.98 Å². The first-order chi connectivity index (χ1) is 11.2. The number of hydrogen-bond acceptors (Lipinski definition) is 3. The number of anilines is 2. The summed E-state index contributed by atoms with van der Waals surface area (Å²) in [6.07, 6.45) is 1.83. The molecule has 0 amide bonds. The highest BCUT2D eigenvalue weighted by atomic mass is 35.5. The van der Waals surface area contributed by atoms with Crippen LogP contribution >= 0.6 is 35.0 Å². The molecule has 4 rings (SSSR count). The van der Waals surface area contributed by atoms with Crippen molar-refractivity contribution < 1.29 is 0 Å². The summed E-state index contributed by atoms with van der Waals surface area (Å²) < 4.78 is 0. The maximum absolute atomic E-state index is 6.16. The number of rotatable bonds is 2. The molecule has 0 bridgehead atoms. The van der Waals surface area contributed by atoms with Crippen molar-refractivity contribution in [3.05, 3.63) is 76.4 Å². The normalized spacial score (nSPS) is 12.7. The molecule has 2 aromatic carbocycles. The molecule has 0 atom stereocenters. The van der Waals surface area contributed by atoms with Crippen molar-refractivity contribution in [1.82, 2.24) is 4.98 Å². The molecule has 114 valence electrons. The third kappa shape index (κ3) is 2.80. The standard InChI is InChI=1S/C18H12Cl2N2S/c19-13-8-7-12(10-14(13)20)11-22-15-4-1-2-5-16(15)23-17-6-3-9-21-18(17)22/h1-10H,11H2. The van der Waals surface area contributed by atoms with Crippen molar-refractivity contribution in [3.63, 3.8) is 0 Å². The van der Waals surface area contributed by atoms with Crippen LogP contribution in [0.1, 0.15) is 5.56 Å². The first kappa shape index (κ1) is 14.9. The fourth-order valence-electron chi connectivity index (χ4n) is 2.64. The molecule has 2 nitrogen and oxygen atoms in total. The highest BCUT2D eigenvalue weighted by Crippen LogP contribution is 2.47. The van der Waals surface area contributed by atoms with Crippen LogP contribution in [-0.2, 0) is 6.54 Å². The van der Waals surface area contributed by atoms with Crippen molar-refractivity contribution in [2.24, 2.45) is 0 Å². The minimum absolute atomic E-state index is 0.573. The summed E-state index contributed by atoms with van der Waals surface area (Å²) in [5.41, 5.74) is 2.26. The minimum atomic E-state index is 0.573. The van der Waals surface area contributed by atoms with Crippen LogP contribution < -0.4 is 4.90 Å². The summed E-state index contributed by atoms with van der Waals surface area (Å²) in [7, 11) is 0. The lowest BCUT2D eigenvalue weighted by Crippen LogP contribution is -2.21. The van der Waals surface area contributed by atoms with E-state index in [1.54, 1.807) is 11.8 Å². The monoisotopic (exact) mass is 358 g/mol. The van der Waals surface area contributed by atoms with Gasteiger partial charge in [0.05, 0.1) is 20.6 Å². The van der Waals surface area contributed by atoms with E-state index in [0.717, 1.165) is 22.0 Å². The number of benzene rings is 2. The molecule has 0 N–H and O–H groups in total. The molecular weight excluding hydrogens is 347 g/mol. The first-order valence-electron chi connectivity index (χ1n) is 7.16. The fraction of sp³-hybridized carbons (Fsp3) is 0.0556. The second-order valence-corrected chi connectivity index (χ2v) is 7.13. The molecule has 1 aliphatic rings. The lowest BCUT2D eigenvalue weighted by atomic mass is 10.2. The van der Waals surface area contributed by atoms with Gasteiger partial charge >= 0.3 is 0 Å². The fourth-order valence-corrected chi connectivity index (χ4v) is 4.03. The Hall–Kier alpha value is -1.68. The summed E-state index contributed by atoms with van der Waals surface area (Å²) in [4.78, 5) is 9.19. The Kier molecular flexibility index (Phi) is 3.93. The Bertz CT molecular complexity index is 837. The van der Waals surface area contributed by atoms with Crippen molar-refractivity contribution in [2.45, 2.75) is 16.3 Å². The van der Waals surface area contributed by atoms with Crippen molar-refractivity contribution in [2.75, 3.05) is 4.90 Å². The van der Waals surface area contributed by atoms with Gasteiger partial charge in [0.1, 0.15) is 5.82 Å². The number of hydrogen-bond donors (Lipinski definition) is 0. The molecule has 0 saturated heterocycles. The summed E-state index contributed by atoms with van der Waals surface area (Å²) >= 11 is 13.9. The minimum Gasteiger partial charge on any atom is -0.320 e. The highest BCUT2D eigenvalue weighted by molar-refractivity contribution is 7.99. The van der Waals surface area contributed by atoms with Crippen molar-refractivity contribution in [1.29, 1.82) is 0 Å². The first-order valence-corrected chi connectivity index (χ1v) is 8.73. The summed E-state index contributed by atoms with van der Waals surface area (Å²) in [5, 5.41) is 1.15. The second kappa shape index (κ2) is 6.08. The van der Waals surface area contributed by atoms with Crippen molar-refractivity contribution in [3.8, 4) is 0 Å². The summed E-state index contributed by atoms with van der Waals surface area (Å²) in [6, 6.07) is 18.2. The number of halogens is 2. The van der Waals surface area contributed by atoms with E-state index in [2.05, 4.69) is 40.2 Å². The predicted molar refractivity (Wildman–Crippen MR) is 97.1 cm³/mol. The van der Waals surface area contributed by atoms with Gasteiger partial charge in [0.25, 0.3) is 0 Å². The van der Waals surface area contributed by atoms with Crippen LogP contribution in [0.15, 0.2) is 70.6 Å². The van der Waals surface area contributed by atoms with Gasteiger partial charge in [-0.15, -0.1) is 0 Å². The third-order valence-corrected chi connectivity index (χ3v) is 5.55. The van der Waals surface area contributed by atoms with Crippen LogP contribution in [-0.4, -0.2) is 4.98 Å². The van der Waals surface area contributed by atoms with E-state index in [1.165, 1.54) is 4.90 Å². The van der Waals surface area contributed by atoms with Gasteiger partial charge in [0.2, 0.25) is 0 Å². The molecule has 1 aromatic heterocycles. The highest BCUT2D eigenvalue weighted by Gasteiger charge is 2.24. The van der Waals surface area contributed by atoms with Crippen LogP contribution in [0.3, 0.4) is 0 Å². The van der Waals surface area contributed by atoms with E-state index in [-0.39, 0.29) is 0 Å². The van der Waals surface area contributed by atoms with E-state index in [9.17, 15) is 0 Å². The van der Waals surface area contributed by atoms with Crippen molar-refractivity contribution >= 4 is 46.5 Å². The molecule has 0 radical (unpaired) electrons. The molecule has 0 saturated carbocycles. The SMILES string of the molecule is Clc1ccc(CN2c3ccccc3Sc3cccnc32)cc1Cl. The van der Waals surface area contributed by atoms with Crippen LogP contribution in [0, 0.1) is 0 Å². The quantitative estimate of drug-likeness (QED) is 0.543. The van der Waals surface area contributed by atoms with Gasteiger partial charge < -0.3 is 4.90 Å². The molecule has 2 heterocycles. The molecule has 0 fully saturated rings. The third-order valence-electron chi connectivity index (χ3n) is 3.71. The van der Waals surface area contributed by atoms with Gasteiger partial charge in [0.15, 0.2) is 0 Å². The zero-order valence-electron chi connectivity index (χ0n) is 12.0. The number of aromatic nitrogens is 1. The molecular formula is C18H12Cl2N2S. The predicted octanol–water partition coefficient (Wildman–Crippen LogP) is 6.19. The average Bonchev–Trinajstić information content (AvgIpc) is 2.58. The van der Waals surface area contributed by atoms with Crippen LogP contribution in [0.5, 0.6) is 0 Å². The van der Waals surface area contributed by atoms with Gasteiger partial charge in [-0.1, -0.05) is 53.2 Å². The number of pyridine rings is 1. The Morgan fingerprint density at radius 1 is 0.913 bits per heavy atom. The lowest BCUT2D eigenvalue weighted by Gasteiger charge is -2.31. The second-order valence-electron chi connectivity index (χ2n) is 5.23. The number of fused-ring (bicyclic) bond motifs is 2. The Morgan fingerprint density at radius 3 is 2.61 bits per heavy atom. The average molecular weight is 359 g/mol. The molecule has 5 heteroatoms. The molecule has 0 unspecified atom stereocenters. The molecule has 1 aliphatic heterocycles. The number of nitrogens with zero attached hydrogens (tertiary/aromatic N) is 2. The summed E-state index contributed by atoms with van der Waals surface area (Å²) in [6.45, 7) is 0.693. The lowest BCUT2D eigenvalue weighted by molar-refractivity contribution is 0.907. The largest absolute Gasteiger partial charge is 0.320 e. The summed E-state index contributed by atoms with van der Waals surface area (Å²) in [5.74, 6) is 0.974. The maximum Gasteiger partial charge on any atom is 0.147 e. The topological polar surface area (TPSA) is 16.1 Å². The van der Waals surface area contributed by atoms with Gasteiger partial charge in [-0.3, -0.25) is 0 Å². The van der Waals surface area contributed by atoms with E-state index in [0.29, 0.717) is 16.6 Å². The van der Waals surface area contributed by atoms with Crippen LogP contribution in [0.25, 0.3) is 0 Å². The van der Waals surface area contributed by atoms with Crippen LogP contribution in [0.4, 0.5) is 11.5 Å². The molecule has 0 aliphatic carbocycles. The Balaban J connectivity index is 1.79. The maximum atomic E-state index is 6.16.